The Hall–Kier alpha value is -3.64. The van der Waals surface area contributed by atoms with Gasteiger partial charge in [0.25, 0.3) is 12.0 Å². The number of fused-ring (bicyclic) bond motifs is 3. The van der Waals surface area contributed by atoms with E-state index in [0.29, 0.717) is 23.8 Å². The SMILES string of the molecule is O=c1c2c(nc(-c3cc(F)c(C(F)F)cc3C3CC3)n1Cc1ccc(C(F)(F)F)nc1)sc1c(O)c(Cl)ccc12. The molecular weight excluding hydrogens is 580 g/mol. The molecule has 206 valence electrons. The Bertz CT molecular complexity index is 1860. The van der Waals surface area contributed by atoms with Crippen molar-refractivity contribution in [3.8, 4) is 17.1 Å². The van der Waals surface area contributed by atoms with E-state index in [2.05, 4.69) is 9.97 Å². The van der Waals surface area contributed by atoms with Crippen molar-refractivity contribution in [2.45, 2.75) is 37.9 Å². The average molecular weight is 596 g/mol. The zero-order valence-corrected chi connectivity index (χ0v) is 21.6. The van der Waals surface area contributed by atoms with Crippen molar-refractivity contribution in [3.05, 3.63) is 86.2 Å². The normalized spacial score (nSPS) is 14.1. The van der Waals surface area contributed by atoms with Gasteiger partial charge in [0.1, 0.15) is 22.2 Å². The van der Waals surface area contributed by atoms with Gasteiger partial charge in [0.05, 0.1) is 27.2 Å². The van der Waals surface area contributed by atoms with Gasteiger partial charge in [-0.2, -0.15) is 13.2 Å². The second-order valence-electron chi connectivity index (χ2n) is 9.47. The first-order valence-electron chi connectivity index (χ1n) is 11.9. The quantitative estimate of drug-likeness (QED) is 0.209. The highest BCUT2D eigenvalue weighted by Gasteiger charge is 2.33. The van der Waals surface area contributed by atoms with Crippen LogP contribution in [0, 0.1) is 5.82 Å². The van der Waals surface area contributed by atoms with Crippen molar-refractivity contribution in [2.75, 3.05) is 0 Å². The van der Waals surface area contributed by atoms with Crippen molar-refractivity contribution in [1.29, 1.82) is 0 Å². The minimum Gasteiger partial charge on any atom is -0.505 e. The van der Waals surface area contributed by atoms with Gasteiger partial charge in [-0.15, -0.1) is 11.3 Å². The van der Waals surface area contributed by atoms with E-state index >= 15 is 0 Å². The number of nitrogens with zero attached hydrogens (tertiary/aromatic N) is 3. The number of hydrogen-bond donors (Lipinski definition) is 1. The molecule has 3 aromatic heterocycles. The number of thiophene rings is 1. The van der Waals surface area contributed by atoms with E-state index in [1.807, 2.05) is 0 Å². The molecule has 0 atom stereocenters. The third kappa shape index (κ3) is 4.48. The molecule has 6 rings (SSSR count). The lowest BCUT2D eigenvalue weighted by atomic mass is 9.98. The molecule has 3 heterocycles. The van der Waals surface area contributed by atoms with Gasteiger partial charge < -0.3 is 5.11 Å². The first kappa shape index (κ1) is 26.6. The molecule has 1 aliphatic carbocycles. The van der Waals surface area contributed by atoms with E-state index in [1.54, 1.807) is 0 Å². The maximum Gasteiger partial charge on any atom is 0.433 e. The fraction of sp³-hybridized carbons (Fsp3) is 0.222. The molecule has 1 aliphatic rings. The topological polar surface area (TPSA) is 68.0 Å². The van der Waals surface area contributed by atoms with E-state index in [9.17, 15) is 36.2 Å². The number of benzene rings is 2. The van der Waals surface area contributed by atoms with E-state index < -0.39 is 35.2 Å². The average Bonchev–Trinajstić information content (AvgIpc) is 3.67. The first-order valence-corrected chi connectivity index (χ1v) is 13.1. The van der Waals surface area contributed by atoms with Crippen molar-refractivity contribution in [2.24, 2.45) is 0 Å². The van der Waals surface area contributed by atoms with Gasteiger partial charge in [-0.3, -0.25) is 14.3 Å². The summed E-state index contributed by atoms with van der Waals surface area (Å²) >= 11 is 7.03. The fourth-order valence-corrected chi connectivity index (χ4v) is 6.03. The Morgan fingerprint density at radius 1 is 1.15 bits per heavy atom. The summed E-state index contributed by atoms with van der Waals surface area (Å²) in [5, 5.41) is 11.0. The zero-order valence-electron chi connectivity index (χ0n) is 20.1. The molecule has 0 aliphatic heterocycles. The summed E-state index contributed by atoms with van der Waals surface area (Å²) in [7, 11) is 0. The third-order valence-electron chi connectivity index (χ3n) is 6.80. The molecular formula is C27H16ClF6N3O2S. The molecule has 5 aromatic rings. The van der Waals surface area contributed by atoms with Crippen LogP contribution in [-0.4, -0.2) is 19.6 Å². The lowest BCUT2D eigenvalue weighted by Gasteiger charge is -2.17. The second-order valence-corrected chi connectivity index (χ2v) is 10.9. The minimum atomic E-state index is -4.66. The van der Waals surface area contributed by atoms with Crippen molar-refractivity contribution in [1.82, 2.24) is 14.5 Å². The van der Waals surface area contributed by atoms with E-state index in [4.69, 9.17) is 11.6 Å². The van der Waals surface area contributed by atoms with Crippen LogP contribution < -0.4 is 5.56 Å². The summed E-state index contributed by atoms with van der Waals surface area (Å²) in [6.07, 6.45) is -5.40. The van der Waals surface area contributed by atoms with Gasteiger partial charge in [0.2, 0.25) is 0 Å². The Balaban J connectivity index is 1.63. The summed E-state index contributed by atoms with van der Waals surface area (Å²) < 4.78 is 82.6. The van der Waals surface area contributed by atoms with Gasteiger partial charge in [0, 0.05) is 17.1 Å². The van der Waals surface area contributed by atoms with E-state index in [1.165, 1.54) is 12.1 Å². The van der Waals surface area contributed by atoms with Crippen LogP contribution in [0.15, 0.2) is 47.4 Å². The summed E-state index contributed by atoms with van der Waals surface area (Å²) in [4.78, 5) is 22.3. The van der Waals surface area contributed by atoms with Gasteiger partial charge in [-0.05, 0) is 54.2 Å². The van der Waals surface area contributed by atoms with E-state index in [-0.39, 0.29) is 55.1 Å². The first-order chi connectivity index (χ1) is 18.9. The molecule has 0 unspecified atom stereocenters. The smallest absolute Gasteiger partial charge is 0.433 e. The highest BCUT2D eigenvalue weighted by molar-refractivity contribution is 7.25. The Morgan fingerprint density at radius 2 is 1.90 bits per heavy atom. The second kappa shape index (κ2) is 9.48. The Morgan fingerprint density at radius 3 is 2.52 bits per heavy atom. The minimum absolute atomic E-state index is 0.0452. The van der Waals surface area contributed by atoms with Gasteiger partial charge in [-0.1, -0.05) is 23.7 Å². The monoisotopic (exact) mass is 595 g/mol. The Kier molecular flexibility index (Phi) is 6.30. The molecule has 0 radical (unpaired) electrons. The summed E-state index contributed by atoms with van der Waals surface area (Å²) in [6.45, 7) is -0.290. The molecule has 1 fully saturated rings. The molecule has 13 heteroatoms. The molecule has 0 spiro atoms. The number of phenols is 1. The molecule has 40 heavy (non-hydrogen) atoms. The molecule has 0 saturated heterocycles. The molecule has 2 aromatic carbocycles. The largest absolute Gasteiger partial charge is 0.505 e. The highest BCUT2D eigenvalue weighted by Crippen LogP contribution is 2.47. The third-order valence-corrected chi connectivity index (χ3v) is 8.22. The van der Waals surface area contributed by atoms with Crippen molar-refractivity contribution < 1.29 is 31.4 Å². The van der Waals surface area contributed by atoms with Crippen molar-refractivity contribution >= 4 is 43.2 Å². The predicted molar refractivity (Wildman–Crippen MR) is 139 cm³/mol. The maximum absolute atomic E-state index is 14.9. The molecule has 0 amide bonds. The summed E-state index contributed by atoms with van der Waals surface area (Å²) in [5.41, 5.74) is -1.76. The lowest BCUT2D eigenvalue weighted by Crippen LogP contribution is -2.24. The summed E-state index contributed by atoms with van der Waals surface area (Å²) in [5.74, 6) is -1.62. The van der Waals surface area contributed by atoms with Crippen LogP contribution in [0.1, 0.15) is 47.6 Å². The number of phenolic OH excluding ortho intramolecular Hbond substituents is 1. The highest BCUT2D eigenvalue weighted by atomic mass is 35.5. The molecule has 1 saturated carbocycles. The maximum atomic E-state index is 14.9. The standard InChI is InChI=1S/C27H16ClF6N3O2S/c28-17-5-4-13-20-25(40-22(13)21(17)38)36-24(15-8-18(29)16(23(30)31)7-14(15)12-2-3-12)37(26(20)39)10-11-1-6-19(35-9-11)27(32,33)34/h1,4-9,12,23,38H,2-3,10H2. The van der Waals surface area contributed by atoms with Crippen LogP contribution in [-0.2, 0) is 12.7 Å². The van der Waals surface area contributed by atoms with Crippen molar-refractivity contribution in [3.63, 3.8) is 0 Å². The number of aromatic nitrogens is 3. The Labute approximate surface area is 230 Å². The lowest BCUT2D eigenvalue weighted by molar-refractivity contribution is -0.141. The van der Waals surface area contributed by atoms with Crippen LogP contribution in [0.3, 0.4) is 0 Å². The van der Waals surface area contributed by atoms with Crippen LogP contribution in [0.4, 0.5) is 26.3 Å². The number of rotatable bonds is 5. The number of halogens is 7. The number of alkyl halides is 5. The van der Waals surface area contributed by atoms with Crippen LogP contribution in [0.5, 0.6) is 5.75 Å². The van der Waals surface area contributed by atoms with Gasteiger partial charge in [-0.25, -0.2) is 18.2 Å². The van der Waals surface area contributed by atoms with Crippen LogP contribution >= 0.6 is 22.9 Å². The van der Waals surface area contributed by atoms with Gasteiger partial charge in [0.15, 0.2) is 5.75 Å². The fourth-order valence-electron chi connectivity index (χ4n) is 4.70. The zero-order chi connectivity index (χ0) is 28.5. The molecule has 0 bridgehead atoms. The van der Waals surface area contributed by atoms with Crippen LogP contribution in [0.25, 0.3) is 31.7 Å². The van der Waals surface area contributed by atoms with Gasteiger partial charge >= 0.3 is 6.18 Å². The van der Waals surface area contributed by atoms with E-state index in [0.717, 1.165) is 46.4 Å². The number of hydrogen-bond acceptors (Lipinski definition) is 5. The summed E-state index contributed by atoms with van der Waals surface area (Å²) in [6, 6.07) is 6.90. The molecule has 5 nitrogen and oxygen atoms in total. The predicted octanol–water partition coefficient (Wildman–Crippen LogP) is 8.05. The van der Waals surface area contributed by atoms with Crippen LogP contribution in [0.2, 0.25) is 5.02 Å². The molecule has 1 N–H and O–H groups in total. The number of pyridine rings is 1. The number of aromatic hydroxyl groups is 1.